The predicted molar refractivity (Wildman–Crippen MR) is 65.3 cm³/mol. The average Bonchev–Trinajstić information content (AvgIpc) is 2.74. The summed E-state index contributed by atoms with van der Waals surface area (Å²) in [5.41, 5.74) is 0. The second-order valence-corrected chi connectivity index (χ2v) is 5.31. The summed E-state index contributed by atoms with van der Waals surface area (Å²) >= 11 is 1.65. The van der Waals surface area contributed by atoms with Crippen LogP contribution in [-0.4, -0.2) is 38.6 Å². The Morgan fingerprint density at radius 1 is 1.62 bits per heavy atom. The molecule has 0 aliphatic carbocycles. The molecule has 6 heteroatoms. The quantitative estimate of drug-likeness (QED) is 0.700. The van der Waals surface area contributed by atoms with Crippen molar-refractivity contribution in [2.24, 2.45) is 0 Å². The molecule has 0 saturated heterocycles. The van der Waals surface area contributed by atoms with E-state index in [9.17, 15) is 4.79 Å². The van der Waals surface area contributed by atoms with Gasteiger partial charge in [-0.05, 0) is 11.7 Å². The van der Waals surface area contributed by atoms with Gasteiger partial charge in [0.2, 0.25) is 5.91 Å². The summed E-state index contributed by atoms with van der Waals surface area (Å²) in [7, 11) is 0. The number of nitrogens with one attached hydrogen (secondary N) is 2. The fraction of sp³-hybridized carbons (Fsp3) is 0.700. The van der Waals surface area contributed by atoms with Gasteiger partial charge >= 0.3 is 0 Å². The van der Waals surface area contributed by atoms with E-state index in [1.165, 1.54) is 6.33 Å². The van der Waals surface area contributed by atoms with Gasteiger partial charge in [0.25, 0.3) is 0 Å². The Balaban J connectivity index is 2.00. The number of aromatic amines is 1. The molecule has 5 nitrogen and oxygen atoms in total. The van der Waals surface area contributed by atoms with Crippen LogP contribution in [0.1, 0.15) is 26.1 Å². The number of aryl methyl sites for hydroxylation is 1. The van der Waals surface area contributed by atoms with Crippen molar-refractivity contribution in [2.75, 3.05) is 12.3 Å². The van der Waals surface area contributed by atoms with Crippen LogP contribution in [0.4, 0.5) is 0 Å². The highest BCUT2D eigenvalue weighted by molar-refractivity contribution is 8.00. The highest BCUT2D eigenvalue weighted by atomic mass is 32.2. The number of nitrogens with zero attached hydrogens (tertiary/aromatic N) is 2. The minimum absolute atomic E-state index is 0.108. The Kier molecular flexibility index (Phi) is 5.92. The number of hydrogen-bond acceptors (Lipinski definition) is 4. The molecule has 1 rings (SSSR count). The van der Waals surface area contributed by atoms with Crippen LogP contribution in [0.15, 0.2) is 6.33 Å². The van der Waals surface area contributed by atoms with Gasteiger partial charge in [-0.1, -0.05) is 13.8 Å². The molecule has 0 aromatic carbocycles. The van der Waals surface area contributed by atoms with E-state index in [2.05, 4.69) is 34.3 Å². The zero-order valence-corrected chi connectivity index (χ0v) is 10.5. The maximum atomic E-state index is 11.3. The number of rotatable bonds is 7. The van der Waals surface area contributed by atoms with Crippen molar-refractivity contribution in [1.29, 1.82) is 0 Å². The van der Waals surface area contributed by atoms with Gasteiger partial charge in [0, 0.05) is 13.0 Å². The Morgan fingerprint density at radius 3 is 3.06 bits per heavy atom. The second kappa shape index (κ2) is 7.27. The molecule has 2 N–H and O–H groups in total. The van der Waals surface area contributed by atoms with E-state index >= 15 is 0 Å². The van der Waals surface area contributed by atoms with Crippen LogP contribution in [0.5, 0.6) is 0 Å². The van der Waals surface area contributed by atoms with Crippen LogP contribution < -0.4 is 5.32 Å². The standard InChI is InChI=1S/C10H18N4OS/c1-8(2)16-6-10(15)11-5-3-4-9-12-7-13-14-9/h7-8H,3-6H2,1-2H3,(H,11,15)(H,12,13,14). The Morgan fingerprint density at radius 2 is 2.44 bits per heavy atom. The highest BCUT2D eigenvalue weighted by Crippen LogP contribution is 2.07. The van der Waals surface area contributed by atoms with E-state index in [4.69, 9.17) is 0 Å². The molecule has 0 fully saturated rings. The first-order valence-electron chi connectivity index (χ1n) is 5.41. The zero-order chi connectivity index (χ0) is 11.8. The van der Waals surface area contributed by atoms with Gasteiger partial charge in [0.1, 0.15) is 12.2 Å². The molecule has 0 radical (unpaired) electrons. The first-order valence-corrected chi connectivity index (χ1v) is 6.46. The molecule has 1 aromatic heterocycles. The van der Waals surface area contributed by atoms with Gasteiger partial charge in [0.05, 0.1) is 5.75 Å². The van der Waals surface area contributed by atoms with E-state index in [1.807, 2.05) is 0 Å². The first-order chi connectivity index (χ1) is 7.68. The molecule has 16 heavy (non-hydrogen) atoms. The maximum Gasteiger partial charge on any atom is 0.230 e. The van der Waals surface area contributed by atoms with Crippen LogP contribution in [0.25, 0.3) is 0 Å². The monoisotopic (exact) mass is 242 g/mol. The maximum absolute atomic E-state index is 11.3. The molecule has 1 amide bonds. The Bertz CT molecular complexity index is 300. The SMILES string of the molecule is CC(C)SCC(=O)NCCCc1ncn[nH]1. The summed E-state index contributed by atoms with van der Waals surface area (Å²) in [5.74, 6) is 1.52. The topological polar surface area (TPSA) is 70.7 Å². The molecule has 0 spiro atoms. The molecule has 0 aliphatic heterocycles. The predicted octanol–water partition coefficient (Wildman–Crippen LogP) is 0.995. The van der Waals surface area contributed by atoms with Gasteiger partial charge in [0.15, 0.2) is 0 Å². The van der Waals surface area contributed by atoms with Crippen molar-refractivity contribution in [3.8, 4) is 0 Å². The lowest BCUT2D eigenvalue weighted by molar-refractivity contribution is -0.118. The van der Waals surface area contributed by atoms with Crippen LogP contribution in [0.3, 0.4) is 0 Å². The average molecular weight is 242 g/mol. The molecular formula is C10H18N4OS. The Labute approximate surface area is 99.8 Å². The van der Waals surface area contributed by atoms with Crippen LogP contribution in [0, 0.1) is 0 Å². The molecule has 0 saturated carbocycles. The summed E-state index contributed by atoms with van der Waals surface area (Å²) in [5, 5.41) is 9.92. The molecule has 0 unspecified atom stereocenters. The number of H-pyrrole nitrogens is 1. The largest absolute Gasteiger partial charge is 0.355 e. The van der Waals surface area contributed by atoms with Crippen molar-refractivity contribution in [3.05, 3.63) is 12.2 Å². The molecule has 0 atom stereocenters. The van der Waals surface area contributed by atoms with E-state index in [-0.39, 0.29) is 5.91 Å². The summed E-state index contributed by atoms with van der Waals surface area (Å²) in [4.78, 5) is 15.4. The lowest BCUT2D eigenvalue weighted by Crippen LogP contribution is -2.27. The van der Waals surface area contributed by atoms with Gasteiger partial charge in [-0.3, -0.25) is 9.89 Å². The summed E-state index contributed by atoms with van der Waals surface area (Å²) in [6.45, 7) is 4.86. The van der Waals surface area contributed by atoms with Gasteiger partial charge < -0.3 is 5.32 Å². The van der Waals surface area contributed by atoms with Crippen molar-refractivity contribution in [2.45, 2.75) is 31.9 Å². The van der Waals surface area contributed by atoms with Crippen molar-refractivity contribution >= 4 is 17.7 Å². The van der Waals surface area contributed by atoms with Crippen LogP contribution >= 0.6 is 11.8 Å². The number of carbonyl (C=O) groups excluding carboxylic acids is 1. The van der Waals surface area contributed by atoms with E-state index in [1.54, 1.807) is 11.8 Å². The lowest BCUT2D eigenvalue weighted by Gasteiger charge is -2.05. The summed E-state index contributed by atoms with van der Waals surface area (Å²) in [6.07, 6.45) is 3.19. The van der Waals surface area contributed by atoms with Crippen molar-refractivity contribution < 1.29 is 4.79 Å². The van der Waals surface area contributed by atoms with Crippen LogP contribution in [-0.2, 0) is 11.2 Å². The van der Waals surface area contributed by atoms with Crippen LogP contribution in [0.2, 0.25) is 0 Å². The minimum atomic E-state index is 0.108. The minimum Gasteiger partial charge on any atom is -0.355 e. The first kappa shape index (κ1) is 13.0. The third kappa shape index (κ3) is 5.75. The third-order valence-corrected chi connectivity index (χ3v) is 3.02. The number of aromatic nitrogens is 3. The zero-order valence-electron chi connectivity index (χ0n) is 9.69. The molecule has 0 bridgehead atoms. The lowest BCUT2D eigenvalue weighted by atomic mass is 10.3. The van der Waals surface area contributed by atoms with E-state index in [0.29, 0.717) is 17.5 Å². The summed E-state index contributed by atoms with van der Waals surface area (Å²) < 4.78 is 0. The van der Waals surface area contributed by atoms with Crippen molar-refractivity contribution in [3.63, 3.8) is 0 Å². The molecule has 90 valence electrons. The molecular weight excluding hydrogens is 224 g/mol. The highest BCUT2D eigenvalue weighted by Gasteiger charge is 2.03. The third-order valence-electron chi connectivity index (χ3n) is 1.93. The smallest absolute Gasteiger partial charge is 0.230 e. The Hall–Kier alpha value is -1.04. The number of hydrogen-bond donors (Lipinski definition) is 2. The van der Waals surface area contributed by atoms with Gasteiger partial charge in [-0.25, -0.2) is 4.98 Å². The fourth-order valence-corrected chi connectivity index (χ4v) is 1.72. The van der Waals surface area contributed by atoms with Gasteiger partial charge in [-0.2, -0.15) is 5.10 Å². The van der Waals surface area contributed by atoms with E-state index in [0.717, 1.165) is 18.7 Å². The number of thioether (sulfide) groups is 1. The second-order valence-electron chi connectivity index (χ2n) is 3.75. The van der Waals surface area contributed by atoms with Gasteiger partial charge in [-0.15, -0.1) is 11.8 Å². The molecule has 1 aromatic rings. The fourth-order valence-electron chi connectivity index (χ4n) is 1.13. The number of amides is 1. The molecule has 0 aliphatic rings. The number of carbonyl (C=O) groups is 1. The summed E-state index contributed by atoms with van der Waals surface area (Å²) in [6, 6.07) is 0. The normalized spacial score (nSPS) is 10.7. The van der Waals surface area contributed by atoms with Crippen molar-refractivity contribution in [1.82, 2.24) is 20.5 Å². The van der Waals surface area contributed by atoms with E-state index < -0.39 is 0 Å². The molecule has 1 heterocycles.